The summed E-state index contributed by atoms with van der Waals surface area (Å²) in [5.41, 5.74) is 15.5. The van der Waals surface area contributed by atoms with Crippen LogP contribution in [0.2, 0.25) is 0 Å². The number of nitrogens with zero attached hydrogens (tertiary/aromatic N) is 2. The van der Waals surface area contributed by atoms with Gasteiger partial charge in [0.05, 0.1) is 16.7 Å². The summed E-state index contributed by atoms with van der Waals surface area (Å²) in [6.45, 7) is 0. The van der Waals surface area contributed by atoms with E-state index in [1.165, 1.54) is 38.3 Å². The molecule has 0 spiro atoms. The number of hydrogen-bond donors (Lipinski definition) is 0. The minimum absolute atomic E-state index is 0.872. The van der Waals surface area contributed by atoms with Crippen molar-refractivity contribution in [2.24, 2.45) is 0 Å². The number of anilines is 3. The molecule has 0 radical (unpaired) electrons. The molecule has 10 aromatic carbocycles. The monoisotopic (exact) mass is 778 g/mol. The van der Waals surface area contributed by atoms with Gasteiger partial charge in [-0.05, 0) is 106 Å². The molecule has 0 saturated carbocycles. The number of furan rings is 1. The Balaban J connectivity index is 1.02. The van der Waals surface area contributed by atoms with E-state index in [1.54, 1.807) is 0 Å². The highest BCUT2D eigenvalue weighted by molar-refractivity contribution is 6.16. The van der Waals surface area contributed by atoms with Crippen LogP contribution >= 0.6 is 0 Å². The molecule has 0 aliphatic rings. The van der Waals surface area contributed by atoms with Crippen LogP contribution in [0, 0.1) is 0 Å². The van der Waals surface area contributed by atoms with Crippen LogP contribution in [0.25, 0.3) is 93.6 Å². The van der Waals surface area contributed by atoms with E-state index in [0.29, 0.717) is 0 Å². The molecule has 2 heterocycles. The number of rotatable bonds is 7. The first-order valence-electron chi connectivity index (χ1n) is 20.8. The Labute approximate surface area is 353 Å². The molecule has 0 aliphatic carbocycles. The maximum Gasteiger partial charge on any atom is 0.143 e. The second-order valence-corrected chi connectivity index (χ2v) is 15.7. The molecule has 3 nitrogen and oxygen atoms in total. The minimum Gasteiger partial charge on any atom is -0.455 e. The van der Waals surface area contributed by atoms with Crippen molar-refractivity contribution < 1.29 is 4.42 Å². The van der Waals surface area contributed by atoms with Crippen LogP contribution in [0.1, 0.15) is 0 Å². The Kier molecular flexibility index (Phi) is 8.17. The zero-order valence-electron chi connectivity index (χ0n) is 33.2. The van der Waals surface area contributed by atoms with Gasteiger partial charge in [-0.25, -0.2) is 0 Å². The topological polar surface area (TPSA) is 21.3 Å². The van der Waals surface area contributed by atoms with Crippen molar-refractivity contribution in [1.29, 1.82) is 0 Å². The van der Waals surface area contributed by atoms with Gasteiger partial charge in [0, 0.05) is 49.6 Å². The van der Waals surface area contributed by atoms with Crippen molar-refractivity contribution in [2.45, 2.75) is 0 Å². The predicted octanol–water partition coefficient (Wildman–Crippen LogP) is 16.3. The summed E-state index contributed by atoms with van der Waals surface area (Å²) in [4.78, 5) is 2.40. The van der Waals surface area contributed by atoms with Crippen LogP contribution in [0.3, 0.4) is 0 Å². The first-order chi connectivity index (χ1) is 30.2. The highest BCUT2D eigenvalue weighted by Crippen LogP contribution is 2.45. The lowest BCUT2D eigenvalue weighted by atomic mass is 9.96. The summed E-state index contributed by atoms with van der Waals surface area (Å²) in [6.07, 6.45) is 0. The summed E-state index contributed by atoms with van der Waals surface area (Å²) >= 11 is 0. The maximum absolute atomic E-state index is 6.60. The Hall–Kier alpha value is -8.14. The fraction of sp³-hybridized carbons (Fsp3) is 0. The number of hydrogen-bond acceptors (Lipinski definition) is 2. The predicted molar refractivity (Wildman–Crippen MR) is 257 cm³/mol. The number of aromatic nitrogens is 1. The highest BCUT2D eigenvalue weighted by Gasteiger charge is 2.21. The first-order valence-corrected chi connectivity index (χ1v) is 20.8. The smallest absolute Gasteiger partial charge is 0.143 e. The number of para-hydroxylation sites is 2. The van der Waals surface area contributed by atoms with Crippen molar-refractivity contribution in [2.75, 3.05) is 4.90 Å². The lowest BCUT2D eigenvalue weighted by molar-refractivity contribution is 0.672. The molecule has 286 valence electrons. The van der Waals surface area contributed by atoms with Crippen molar-refractivity contribution in [1.82, 2.24) is 4.57 Å². The standard InChI is InChI=1S/C58H38N2O/c1-3-14-39(15-4-1)44-29-34-56(52(37-44)41-16-5-2-6-17-41)59(47-32-35-57-53(38-47)51-33-28-42-18-7-8-21-48(42)58(51)61-57)45-30-26-40(27-31-45)43-19-13-20-46(36-43)60-54-24-11-9-22-49(54)50-23-10-12-25-55(50)60/h1-38H. The second-order valence-electron chi connectivity index (χ2n) is 15.7. The van der Waals surface area contributed by atoms with E-state index in [9.17, 15) is 0 Å². The quantitative estimate of drug-likeness (QED) is 0.161. The molecule has 0 unspecified atom stereocenters. The molecular formula is C58H38N2O. The Morgan fingerprint density at radius 2 is 0.934 bits per heavy atom. The molecule has 0 N–H and O–H groups in total. The fourth-order valence-corrected chi connectivity index (χ4v) is 9.28. The SMILES string of the molecule is c1ccc(-c2ccc(N(c3ccc(-c4cccc(-n5c6ccccc6c6ccccc65)c4)cc3)c3ccc4oc5c6ccccc6ccc5c4c3)c(-c3ccccc3)c2)cc1. The van der Waals surface area contributed by atoms with Gasteiger partial charge in [0.2, 0.25) is 0 Å². The Morgan fingerprint density at radius 1 is 0.344 bits per heavy atom. The zero-order chi connectivity index (χ0) is 40.3. The van der Waals surface area contributed by atoms with Crippen LogP contribution < -0.4 is 4.90 Å². The lowest BCUT2D eigenvalue weighted by Gasteiger charge is -2.28. The summed E-state index contributed by atoms with van der Waals surface area (Å²) in [6, 6.07) is 83.0. The highest BCUT2D eigenvalue weighted by atomic mass is 16.3. The van der Waals surface area contributed by atoms with E-state index >= 15 is 0 Å². The van der Waals surface area contributed by atoms with Gasteiger partial charge in [-0.3, -0.25) is 0 Å². The fourth-order valence-electron chi connectivity index (χ4n) is 9.28. The van der Waals surface area contributed by atoms with E-state index in [-0.39, 0.29) is 0 Å². The third-order valence-corrected chi connectivity index (χ3v) is 12.2. The molecule has 12 aromatic rings. The van der Waals surface area contributed by atoms with Crippen LogP contribution in [0.15, 0.2) is 235 Å². The van der Waals surface area contributed by atoms with Crippen molar-refractivity contribution in [3.63, 3.8) is 0 Å². The average Bonchev–Trinajstić information content (AvgIpc) is 3.88. The van der Waals surface area contributed by atoms with Crippen molar-refractivity contribution in [3.05, 3.63) is 231 Å². The van der Waals surface area contributed by atoms with E-state index in [0.717, 1.165) is 72.3 Å². The molecule has 3 heteroatoms. The van der Waals surface area contributed by atoms with Crippen LogP contribution in [0.5, 0.6) is 0 Å². The van der Waals surface area contributed by atoms with E-state index in [4.69, 9.17) is 4.42 Å². The maximum atomic E-state index is 6.60. The summed E-state index contributed by atoms with van der Waals surface area (Å²) in [7, 11) is 0. The average molecular weight is 779 g/mol. The molecule has 2 aromatic heterocycles. The van der Waals surface area contributed by atoms with Gasteiger partial charge in [-0.2, -0.15) is 0 Å². The molecular weight excluding hydrogens is 741 g/mol. The van der Waals surface area contributed by atoms with E-state index in [1.807, 2.05) is 0 Å². The minimum atomic E-state index is 0.872. The zero-order valence-corrected chi connectivity index (χ0v) is 33.2. The molecule has 0 bridgehead atoms. The Bertz CT molecular complexity index is 3530. The van der Waals surface area contributed by atoms with Gasteiger partial charge in [0.1, 0.15) is 11.2 Å². The summed E-state index contributed by atoms with van der Waals surface area (Å²) < 4.78 is 8.98. The normalized spacial score (nSPS) is 11.6. The van der Waals surface area contributed by atoms with E-state index < -0.39 is 0 Å². The van der Waals surface area contributed by atoms with E-state index in [2.05, 4.69) is 240 Å². The number of benzene rings is 10. The molecule has 0 aliphatic heterocycles. The summed E-state index contributed by atoms with van der Waals surface area (Å²) in [5.74, 6) is 0. The van der Waals surface area contributed by atoms with Crippen LogP contribution in [0.4, 0.5) is 17.1 Å². The van der Waals surface area contributed by atoms with Gasteiger partial charge in [0.25, 0.3) is 0 Å². The lowest BCUT2D eigenvalue weighted by Crippen LogP contribution is -2.11. The van der Waals surface area contributed by atoms with Gasteiger partial charge in [0.15, 0.2) is 0 Å². The third-order valence-electron chi connectivity index (χ3n) is 12.2. The van der Waals surface area contributed by atoms with Crippen LogP contribution in [-0.4, -0.2) is 4.57 Å². The molecule has 61 heavy (non-hydrogen) atoms. The third kappa shape index (κ3) is 5.90. The Morgan fingerprint density at radius 3 is 1.69 bits per heavy atom. The van der Waals surface area contributed by atoms with Crippen molar-refractivity contribution >= 4 is 71.6 Å². The van der Waals surface area contributed by atoms with Crippen LogP contribution in [-0.2, 0) is 0 Å². The molecule has 0 atom stereocenters. The number of fused-ring (bicyclic) bond motifs is 8. The van der Waals surface area contributed by atoms with Gasteiger partial charge in [-0.1, -0.05) is 158 Å². The largest absolute Gasteiger partial charge is 0.455 e. The van der Waals surface area contributed by atoms with Gasteiger partial charge in [-0.15, -0.1) is 0 Å². The second kappa shape index (κ2) is 14.3. The molecule has 0 amide bonds. The first kappa shape index (κ1) is 34.9. The van der Waals surface area contributed by atoms with Gasteiger partial charge < -0.3 is 13.9 Å². The summed E-state index contributed by atoms with van der Waals surface area (Å²) in [5, 5.41) is 7.00. The van der Waals surface area contributed by atoms with Gasteiger partial charge >= 0.3 is 0 Å². The van der Waals surface area contributed by atoms with Crippen molar-refractivity contribution in [3.8, 4) is 39.1 Å². The molecule has 12 rings (SSSR count). The molecule has 0 saturated heterocycles. The molecule has 0 fully saturated rings.